The van der Waals surface area contributed by atoms with Crippen molar-refractivity contribution in [3.05, 3.63) is 42.7 Å². The molecular formula is C17H29IN4. The third-order valence-corrected chi connectivity index (χ3v) is 3.37. The van der Waals surface area contributed by atoms with Crippen LogP contribution in [0.1, 0.15) is 31.4 Å². The van der Waals surface area contributed by atoms with Crippen LogP contribution >= 0.6 is 24.0 Å². The largest absolute Gasteiger partial charge is 0.356 e. The number of hydrogen-bond donors (Lipinski definition) is 1. The molecule has 0 saturated carbocycles. The molecule has 0 aliphatic rings. The van der Waals surface area contributed by atoms with Gasteiger partial charge in [0.05, 0.1) is 0 Å². The first-order valence-electron chi connectivity index (χ1n) is 7.70. The number of hydrogen-bond acceptors (Lipinski definition) is 2. The SMILES string of the molecule is C=CCCCCCN(C)C(=NC)NCCc1ccccn1.I. The van der Waals surface area contributed by atoms with Crippen LogP contribution in [0, 0.1) is 0 Å². The highest BCUT2D eigenvalue weighted by Gasteiger charge is 2.04. The van der Waals surface area contributed by atoms with Crippen LogP contribution in [0.2, 0.25) is 0 Å². The Bertz CT molecular complexity index is 420. The molecule has 1 heterocycles. The van der Waals surface area contributed by atoms with Crippen molar-refractivity contribution < 1.29 is 0 Å². The molecule has 0 aliphatic heterocycles. The summed E-state index contributed by atoms with van der Waals surface area (Å²) in [5.74, 6) is 0.953. The zero-order valence-corrected chi connectivity index (χ0v) is 16.1. The van der Waals surface area contributed by atoms with Gasteiger partial charge in [-0.25, -0.2) is 0 Å². The first-order chi connectivity index (χ1) is 10.3. The Balaban J connectivity index is 0.00000441. The van der Waals surface area contributed by atoms with Crippen LogP contribution in [0.15, 0.2) is 42.0 Å². The van der Waals surface area contributed by atoms with Crippen molar-refractivity contribution in [2.24, 2.45) is 4.99 Å². The lowest BCUT2D eigenvalue weighted by molar-refractivity contribution is 0.455. The van der Waals surface area contributed by atoms with E-state index in [-0.39, 0.29) is 24.0 Å². The van der Waals surface area contributed by atoms with Crippen molar-refractivity contribution in [3.8, 4) is 0 Å². The molecule has 0 bridgehead atoms. The molecular weight excluding hydrogens is 387 g/mol. The molecule has 5 heteroatoms. The normalized spacial score (nSPS) is 10.7. The lowest BCUT2D eigenvalue weighted by Crippen LogP contribution is -2.40. The van der Waals surface area contributed by atoms with Crippen LogP contribution in [0.4, 0.5) is 0 Å². The second-order valence-corrected chi connectivity index (χ2v) is 5.10. The molecule has 1 rings (SSSR count). The molecule has 124 valence electrons. The van der Waals surface area contributed by atoms with Crippen molar-refractivity contribution >= 4 is 29.9 Å². The number of aromatic nitrogens is 1. The van der Waals surface area contributed by atoms with Crippen LogP contribution < -0.4 is 5.32 Å². The van der Waals surface area contributed by atoms with Crippen LogP contribution in [0.25, 0.3) is 0 Å². The fraction of sp³-hybridized carbons (Fsp3) is 0.529. The van der Waals surface area contributed by atoms with Gasteiger partial charge in [-0.15, -0.1) is 30.6 Å². The molecule has 0 fully saturated rings. The first-order valence-corrected chi connectivity index (χ1v) is 7.70. The number of allylic oxidation sites excluding steroid dienone is 1. The Morgan fingerprint density at radius 3 is 2.82 bits per heavy atom. The molecule has 0 atom stereocenters. The summed E-state index contributed by atoms with van der Waals surface area (Å²) >= 11 is 0. The van der Waals surface area contributed by atoms with Crippen molar-refractivity contribution in [1.82, 2.24) is 15.2 Å². The summed E-state index contributed by atoms with van der Waals surface area (Å²) in [5, 5.41) is 3.39. The Kier molecular flexibility index (Phi) is 12.9. The highest BCUT2D eigenvalue weighted by atomic mass is 127. The van der Waals surface area contributed by atoms with Gasteiger partial charge in [-0.1, -0.05) is 18.6 Å². The average molecular weight is 416 g/mol. The third kappa shape index (κ3) is 9.02. The molecule has 0 aromatic carbocycles. The highest BCUT2D eigenvalue weighted by molar-refractivity contribution is 14.0. The summed E-state index contributed by atoms with van der Waals surface area (Å²) in [6.45, 7) is 5.63. The van der Waals surface area contributed by atoms with Gasteiger partial charge in [-0.2, -0.15) is 0 Å². The summed E-state index contributed by atoms with van der Waals surface area (Å²) in [4.78, 5) is 10.8. The van der Waals surface area contributed by atoms with Gasteiger partial charge in [0, 0.05) is 45.5 Å². The average Bonchev–Trinajstić information content (AvgIpc) is 2.52. The smallest absolute Gasteiger partial charge is 0.193 e. The van der Waals surface area contributed by atoms with Gasteiger partial charge in [0.2, 0.25) is 0 Å². The second kappa shape index (κ2) is 13.5. The molecule has 0 saturated heterocycles. The van der Waals surface area contributed by atoms with Crippen molar-refractivity contribution in [3.63, 3.8) is 0 Å². The lowest BCUT2D eigenvalue weighted by Gasteiger charge is -2.22. The standard InChI is InChI=1S/C17H28N4.HI/c1-4-5-6-7-10-15-21(3)17(18-2)20-14-12-16-11-8-9-13-19-16;/h4,8-9,11,13H,1,5-7,10,12,14-15H2,2-3H3,(H,18,20);1H. The third-order valence-electron chi connectivity index (χ3n) is 3.37. The molecule has 1 aromatic rings. The van der Waals surface area contributed by atoms with Gasteiger partial charge < -0.3 is 10.2 Å². The van der Waals surface area contributed by atoms with E-state index in [1.807, 2.05) is 37.5 Å². The maximum absolute atomic E-state index is 4.33. The summed E-state index contributed by atoms with van der Waals surface area (Å²) < 4.78 is 0. The Labute approximate surface area is 152 Å². The molecule has 4 nitrogen and oxygen atoms in total. The van der Waals surface area contributed by atoms with Gasteiger partial charge >= 0.3 is 0 Å². The van der Waals surface area contributed by atoms with E-state index in [4.69, 9.17) is 0 Å². The second-order valence-electron chi connectivity index (χ2n) is 5.10. The Morgan fingerprint density at radius 1 is 1.36 bits per heavy atom. The van der Waals surface area contributed by atoms with Crippen LogP contribution in [-0.2, 0) is 6.42 Å². The highest BCUT2D eigenvalue weighted by Crippen LogP contribution is 2.01. The van der Waals surface area contributed by atoms with E-state index in [1.165, 1.54) is 19.3 Å². The number of nitrogens with one attached hydrogen (secondary N) is 1. The van der Waals surface area contributed by atoms with Crippen molar-refractivity contribution in [2.75, 3.05) is 27.2 Å². The van der Waals surface area contributed by atoms with E-state index in [9.17, 15) is 0 Å². The Morgan fingerprint density at radius 2 is 2.18 bits per heavy atom. The number of unbranched alkanes of at least 4 members (excludes halogenated alkanes) is 3. The van der Waals surface area contributed by atoms with E-state index >= 15 is 0 Å². The molecule has 0 aliphatic carbocycles. The summed E-state index contributed by atoms with van der Waals surface area (Å²) in [5.41, 5.74) is 1.10. The number of nitrogens with zero attached hydrogens (tertiary/aromatic N) is 3. The van der Waals surface area contributed by atoms with E-state index < -0.39 is 0 Å². The minimum Gasteiger partial charge on any atom is -0.356 e. The number of pyridine rings is 1. The summed E-state index contributed by atoms with van der Waals surface area (Å²) in [7, 11) is 3.92. The molecule has 1 N–H and O–H groups in total. The zero-order chi connectivity index (χ0) is 15.3. The van der Waals surface area contributed by atoms with E-state index in [2.05, 4.69) is 33.8 Å². The van der Waals surface area contributed by atoms with Crippen molar-refractivity contribution in [1.29, 1.82) is 0 Å². The zero-order valence-electron chi connectivity index (χ0n) is 13.8. The van der Waals surface area contributed by atoms with Crippen LogP contribution in [0.3, 0.4) is 0 Å². The van der Waals surface area contributed by atoms with Gasteiger partial charge in [0.25, 0.3) is 0 Å². The molecule has 0 amide bonds. The molecule has 22 heavy (non-hydrogen) atoms. The minimum atomic E-state index is 0. The van der Waals surface area contributed by atoms with Crippen LogP contribution in [0.5, 0.6) is 0 Å². The topological polar surface area (TPSA) is 40.5 Å². The molecule has 0 spiro atoms. The molecule has 0 radical (unpaired) electrons. The Hall–Kier alpha value is -1.11. The van der Waals surface area contributed by atoms with Gasteiger partial charge in [-0.3, -0.25) is 9.98 Å². The predicted octanol–water partition coefficient (Wildman–Crippen LogP) is 3.50. The van der Waals surface area contributed by atoms with E-state index in [0.29, 0.717) is 0 Å². The lowest BCUT2D eigenvalue weighted by atomic mass is 10.2. The quantitative estimate of drug-likeness (QED) is 0.220. The first kappa shape index (κ1) is 20.9. The van der Waals surface area contributed by atoms with Gasteiger partial charge in [0.1, 0.15) is 0 Å². The van der Waals surface area contributed by atoms with Gasteiger partial charge in [0.15, 0.2) is 5.96 Å². The number of halogens is 1. The summed E-state index contributed by atoms with van der Waals surface area (Å²) in [6.07, 6.45) is 9.49. The maximum Gasteiger partial charge on any atom is 0.193 e. The minimum absolute atomic E-state index is 0. The fourth-order valence-electron chi connectivity index (χ4n) is 2.15. The number of rotatable bonds is 9. The fourth-order valence-corrected chi connectivity index (χ4v) is 2.15. The number of aliphatic imine (C=N–C) groups is 1. The monoisotopic (exact) mass is 416 g/mol. The maximum atomic E-state index is 4.33. The van der Waals surface area contributed by atoms with E-state index in [1.54, 1.807) is 0 Å². The van der Waals surface area contributed by atoms with Gasteiger partial charge in [-0.05, 0) is 31.4 Å². The summed E-state index contributed by atoms with van der Waals surface area (Å²) in [6, 6.07) is 6.01. The van der Waals surface area contributed by atoms with Crippen LogP contribution in [-0.4, -0.2) is 43.0 Å². The molecule has 1 aromatic heterocycles. The molecule has 0 unspecified atom stereocenters. The number of guanidine groups is 1. The van der Waals surface area contributed by atoms with Crippen molar-refractivity contribution in [2.45, 2.75) is 32.1 Å². The predicted molar refractivity (Wildman–Crippen MR) is 106 cm³/mol. The van der Waals surface area contributed by atoms with E-state index in [0.717, 1.165) is 37.6 Å².